The van der Waals surface area contributed by atoms with Gasteiger partial charge >= 0.3 is 0 Å². The number of hydrogen-bond donors (Lipinski definition) is 1. The van der Waals surface area contributed by atoms with Gasteiger partial charge in [0.15, 0.2) is 0 Å². The van der Waals surface area contributed by atoms with E-state index in [1.165, 1.54) is 6.07 Å². The molecule has 106 valence electrons. The lowest BCUT2D eigenvalue weighted by Crippen LogP contribution is -2.14. The fourth-order valence-electron chi connectivity index (χ4n) is 1.73. The fraction of sp³-hybridized carbons (Fsp3) is 0.0667. The van der Waals surface area contributed by atoms with Crippen molar-refractivity contribution in [2.75, 3.05) is 5.32 Å². The Morgan fingerprint density at radius 3 is 2.67 bits per heavy atom. The molecule has 6 heteroatoms. The van der Waals surface area contributed by atoms with Crippen molar-refractivity contribution in [1.82, 2.24) is 0 Å². The maximum absolute atomic E-state index is 13.7. The molecule has 0 aliphatic carbocycles. The molecule has 0 unspecified atom stereocenters. The van der Waals surface area contributed by atoms with Crippen LogP contribution in [-0.2, 0) is 0 Å². The van der Waals surface area contributed by atoms with Crippen molar-refractivity contribution >= 4 is 43.5 Å². The number of anilines is 1. The van der Waals surface area contributed by atoms with E-state index in [0.29, 0.717) is 10.0 Å². The second-order valence-corrected chi connectivity index (χ2v) is 6.09. The zero-order chi connectivity index (χ0) is 15.6. The van der Waals surface area contributed by atoms with E-state index in [1.54, 1.807) is 25.1 Å². The molecule has 1 N–H and O–H groups in total. The van der Waals surface area contributed by atoms with Crippen LogP contribution < -0.4 is 5.32 Å². The standard InChI is InChI=1S/C15H9Br2FN2O/c1-8-13(18)4-9(7-19)5-14(8)20-15(21)11-6-10(16)2-3-12(11)17/h2-6H,1H3,(H,20,21). The summed E-state index contributed by atoms with van der Waals surface area (Å²) < 4.78 is 15.1. The quantitative estimate of drug-likeness (QED) is 0.772. The van der Waals surface area contributed by atoms with Crippen LogP contribution in [0.15, 0.2) is 39.3 Å². The van der Waals surface area contributed by atoms with Crippen molar-refractivity contribution in [2.45, 2.75) is 6.92 Å². The van der Waals surface area contributed by atoms with Crippen molar-refractivity contribution in [3.63, 3.8) is 0 Å². The second-order valence-electron chi connectivity index (χ2n) is 4.32. The largest absolute Gasteiger partial charge is 0.322 e. The first-order chi connectivity index (χ1) is 9.92. The molecule has 0 saturated heterocycles. The Kier molecular flexibility index (Phi) is 4.76. The normalized spacial score (nSPS) is 10.0. The van der Waals surface area contributed by atoms with Crippen molar-refractivity contribution in [2.24, 2.45) is 0 Å². The number of nitrogens with one attached hydrogen (secondary N) is 1. The fourth-order valence-corrected chi connectivity index (χ4v) is 2.52. The zero-order valence-corrected chi connectivity index (χ0v) is 14.0. The number of amides is 1. The monoisotopic (exact) mass is 410 g/mol. The molecule has 3 nitrogen and oxygen atoms in total. The third-order valence-corrected chi connectivity index (χ3v) is 4.08. The summed E-state index contributed by atoms with van der Waals surface area (Å²) in [6.07, 6.45) is 0. The first-order valence-corrected chi connectivity index (χ1v) is 7.47. The third-order valence-electron chi connectivity index (χ3n) is 2.89. The highest BCUT2D eigenvalue weighted by atomic mass is 79.9. The van der Waals surface area contributed by atoms with Crippen LogP contribution in [-0.4, -0.2) is 5.91 Å². The minimum atomic E-state index is -0.530. The SMILES string of the molecule is Cc1c(F)cc(C#N)cc1NC(=O)c1cc(Br)ccc1Br. The lowest BCUT2D eigenvalue weighted by molar-refractivity contribution is 0.102. The van der Waals surface area contributed by atoms with Crippen molar-refractivity contribution < 1.29 is 9.18 Å². The molecule has 0 fully saturated rings. The van der Waals surface area contributed by atoms with Gasteiger partial charge < -0.3 is 5.32 Å². The van der Waals surface area contributed by atoms with Crippen molar-refractivity contribution in [3.05, 3.63) is 61.8 Å². The lowest BCUT2D eigenvalue weighted by atomic mass is 10.1. The molecule has 0 aromatic heterocycles. The smallest absolute Gasteiger partial charge is 0.256 e. The number of halogens is 3. The average Bonchev–Trinajstić information content (AvgIpc) is 2.46. The number of carbonyl (C=O) groups is 1. The Morgan fingerprint density at radius 2 is 2.00 bits per heavy atom. The average molecular weight is 412 g/mol. The Morgan fingerprint density at radius 1 is 1.29 bits per heavy atom. The lowest BCUT2D eigenvalue weighted by Gasteiger charge is -2.11. The van der Waals surface area contributed by atoms with Crippen LogP contribution in [0.25, 0.3) is 0 Å². The molecule has 21 heavy (non-hydrogen) atoms. The molecule has 0 atom stereocenters. The van der Waals surface area contributed by atoms with E-state index < -0.39 is 5.82 Å². The van der Waals surface area contributed by atoms with E-state index in [-0.39, 0.29) is 22.7 Å². The van der Waals surface area contributed by atoms with E-state index >= 15 is 0 Å². The van der Waals surface area contributed by atoms with Crippen molar-refractivity contribution in [3.8, 4) is 6.07 Å². The van der Waals surface area contributed by atoms with Crippen LogP contribution in [0.5, 0.6) is 0 Å². The molecular formula is C15H9Br2FN2O. The van der Waals surface area contributed by atoms with E-state index in [0.717, 1.165) is 10.5 Å². The van der Waals surface area contributed by atoms with Gasteiger partial charge in [0, 0.05) is 20.2 Å². The van der Waals surface area contributed by atoms with Gasteiger partial charge in [-0.25, -0.2) is 4.39 Å². The maximum Gasteiger partial charge on any atom is 0.256 e. The summed E-state index contributed by atoms with van der Waals surface area (Å²) in [6.45, 7) is 1.54. The highest BCUT2D eigenvalue weighted by molar-refractivity contribution is 9.11. The van der Waals surface area contributed by atoms with Crippen LogP contribution in [0.1, 0.15) is 21.5 Å². The van der Waals surface area contributed by atoms with Gasteiger partial charge in [0.1, 0.15) is 5.82 Å². The Bertz CT molecular complexity index is 769. The highest BCUT2D eigenvalue weighted by Gasteiger charge is 2.14. The molecule has 2 aromatic carbocycles. The van der Waals surface area contributed by atoms with Gasteiger partial charge in [-0.1, -0.05) is 15.9 Å². The Labute approximate surface area is 138 Å². The molecule has 0 saturated carbocycles. The number of nitrogens with zero attached hydrogens (tertiary/aromatic N) is 1. The summed E-state index contributed by atoms with van der Waals surface area (Å²) in [5, 5.41) is 11.5. The van der Waals surface area contributed by atoms with Gasteiger partial charge in [0.25, 0.3) is 5.91 Å². The molecule has 0 radical (unpaired) electrons. The number of benzene rings is 2. The van der Waals surface area contributed by atoms with Gasteiger partial charge in [0.05, 0.1) is 17.2 Å². The summed E-state index contributed by atoms with van der Waals surface area (Å²) >= 11 is 6.59. The van der Waals surface area contributed by atoms with Crippen LogP contribution >= 0.6 is 31.9 Å². The minimum Gasteiger partial charge on any atom is -0.322 e. The first-order valence-electron chi connectivity index (χ1n) is 5.89. The highest BCUT2D eigenvalue weighted by Crippen LogP contribution is 2.25. The predicted octanol–water partition coefficient (Wildman–Crippen LogP) is 4.78. The van der Waals surface area contributed by atoms with E-state index in [4.69, 9.17) is 5.26 Å². The third kappa shape index (κ3) is 3.49. The number of carbonyl (C=O) groups excluding carboxylic acids is 1. The zero-order valence-electron chi connectivity index (χ0n) is 10.9. The maximum atomic E-state index is 13.7. The van der Waals surface area contributed by atoms with Crippen LogP contribution in [0.2, 0.25) is 0 Å². The van der Waals surface area contributed by atoms with Gasteiger partial charge in [-0.3, -0.25) is 4.79 Å². The number of rotatable bonds is 2. The Hall–Kier alpha value is -1.71. The summed E-state index contributed by atoms with van der Waals surface area (Å²) in [4.78, 5) is 12.3. The molecule has 0 bridgehead atoms. The summed E-state index contributed by atoms with van der Waals surface area (Å²) in [5.41, 5.74) is 1.13. The van der Waals surface area contributed by atoms with Gasteiger partial charge in [-0.15, -0.1) is 0 Å². The van der Waals surface area contributed by atoms with Gasteiger partial charge in [-0.2, -0.15) is 5.26 Å². The van der Waals surface area contributed by atoms with E-state index in [2.05, 4.69) is 37.2 Å². The molecule has 1 amide bonds. The second kappa shape index (κ2) is 6.37. The summed E-state index contributed by atoms with van der Waals surface area (Å²) in [7, 11) is 0. The number of nitriles is 1. The molecule has 0 heterocycles. The summed E-state index contributed by atoms with van der Waals surface area (Å²) in [6, 6.07) is 9.63. The molecular weight excluding hydrogens is 403 g/mol. The molecule has 2 rings (SSSR count). The molecule has 2 aromatic rings. The van der Waals surface area contributed by atoms with Crippen LogP contribution in [0.4, 0.5) is 10.1 Å². The van der Waals surface area contributed by atoms with E-state index in [9.17, 15) is 9.18 Å². The molecule has 0 aliphatic rings. The Balaban J connectivity index is 2.38. The first kappa shape index (κ1) is 15.7. The van der Waals surface area contributed by atoms with Crippen LogP contribution in [0, 0.1) is 24.1 Å². The van der Waals surface area contributed by atoms with E-state index in [1.807, 2.05) is 6.07 Å². The van der Waals surface area contributed by atoms with Crippen molar-refractivity contribution in [1.29, 1.82) is 5.26 Å². The summed E-state index contributed by atoms with van der Waals surface area (Å²) in [5.74, 6) is -0.918. The molecule has 0 spiro atoms. The van der Waals surface area contributed by atoms with Gasteiger partial charge in [-0.05, 0) is 53.2 Å². The minimum absolute atomic E-state index is 0.154. The number of hydrogen-bond acceptors (Lipinski definition) is 2. The predicted molar refractivity (Wildman–Crippen MR) is 85.6 cm³/mol. The van der Waals surface area contributed by atoms with Crippen LogP contribution in [0.3, 0.4) is 0 Å². The molecule has 0 aliphatic heterocycles. The topological polar surface area (TPSA) is 52.9 Å². The van der Waals surface area contributed by atoms with Gasteiger partial charge in [0.2, 0.25) is 0 Å².